The lowest BCUT2D eigenvalue weighted by Crippen LogP contribution is -2.05. The van der Waals surface area contributed by atoms with Gasteiger partial charge in [0.1, 0.15) is 16.2 Å². The number of benzene rings is 1. The lowest BCUT2D eigenvalue weighted by atomic mass is 10.2. The first kappa shape index (κ1) is 13.1. The molecule has 2 aromatic rings. The molecule has 0 atom stereocenters. The molecule has 1 heterocycles. The van der Waals surface area contributed by atoms with E-state index in [1.54, 1.807) is 0 Å². The Labute approximate surface area is 115 Å². The molecular formula is C13H16BrN3O. The highest BCUT2D eigenvalue weighted by Crippen LogP contribution is 2.23. The summed E-state index contributed by atoms with van der Waals surface area (Å²) in [5.41, 5.74) is 7.50. The third-order valence-electron chi connectivity index (χ3n) is 2.43. The molecule has 0 radical (unpaired) electrons. The Morgan fingerprint density at radius 1 is 1.33 bits per heavy atom. The van der Waals surface area contributed by atoms with Crippen molar-refractivity contribution in [3.05, 3.63) is 34.6 Å². The number of rotatable bonds is 4. The lowest BCUT2D eigenvalue weighted by molar-refractivity contribution is 0.242. The number of H-pyrrole nitrogens is 1. The monoisotopic (exact) mass is 309 g/mol. The molecule has 0 aliphatic rings. The van der Waals surface area contributed by atoms with E-state index in [9.17, 15) is 0 Å². The van der Waals surface area contributed by atoms with Gasteiger partial charge in [0.25, 0.3) is 0 Å². The third-order valence-corrected chi connectivity index (χ3v) is 3.09. The molecule has 0 aliphatic carbocycles. The maximum atomic E-state index is 5.60. The number of nitrogens with two attached hydrogens (primary N) is 1. The molecule has 0 spiro atoms. The molecule has 18 heavy (non-hydrogen) atoms. The first-order valence-electron chi connectivity index (χ1n) is 5.81. The van der Waals surface area contributed by atoms with Crippen molar-refractivity contribution in [3.63, 3.8) is 0 Å². The van der Waals surface area contributed by atoms with Crippen molar-refractivity contribution in [3.8, 4) is 17.1 Å². The fraction of sp³-hybridized carbons (Fsp3) is 0.308. The highest BCUT2D eigenvalue weighted by molar-refractivity contribution is 9.10. The number of hydrogen-bond acceptors (Lipinski definition) is 3. The van der Waals surface area contributed by atoms with Crippen molar-refractivity contribution in [2.24, 2.45) is 5.73 Å². The fourth-order valence-electron chi connectivity index (χ4n) is 1.62. The van der Waals surface area contributed by atoms with Crippen LogP contribution in [-0.4, -0.2) is 16.1 Å². The van der Waals surface area contributed by atoms with Gasteiger partial charge in [-0.25, -0.2) is 4.98 Å². The van der Waals surface area contributed by atoms with Gasteiger partial charge >= 0.3 is 0 Å². The molecule has 3 N–H and O–H groups in total. The van der Waals surface area contributed by atoms with Crippen LogP contribution in [0, 0.1) is 0 Å². The molecule has 0 bridgehead atoms. The second-order valence-corrected chi connectivity index (χ2v) is 5.00. The molecule has 0 aliphatic heterocycles. The Kier molecular flexibility index (Phi) is 4.04. The van der Waals surface area contributed by atoms with Crippen molar-refractivity contribution in [2.45, 2.75) is 26.5 Å². The van der Waals surface area contributed by atoms with Crippen LogP contribution in [0.4, 0.5) is 0 Å². The fourth-order valence-corrected chi connectivity index (χ4v) is 2.06. The molecule has 0 amide bonds. The highest BCUT2D eigenvalue weighted by atomic mass is 79.9. The van der Waals surface area contributed by atoms with Crippen LogP contribution in [0.3, 0.4) is 0 Å². The first-order chi connectivity index (χ1) is 8.60. The van der Waals surface area contributed by atoms with E-state index in [-0.39, 0.29) is 6.10 Å². The van der Waals surface area contributed by atoms with Crippen LogP contribution in [0.5, 0.6) is 5.75 Å². The molecular weight excluding hydrogens is 294 g/mol. The Bertz CT molecular complexity index is 520. The molecule has 0 fully saturated rings. The lowest BCUT2D eigenvalue weighted by Gasteiger charge is -2.09. The molecule has 1 aromatic carbocycles. The van der Waals surface area contributed by atoms with Gasteiger partial charge in [0.2, 0.25) is 0 Å². The minimum atomic E-state index is 0.178. The summed E-state index contributed by atoms with van der Waals surface area (Å²) < 4.78 is 6.36. The second kappa shape index (κ2) is 5.54. The van der Waals surface area contributed by atoms with E-state index in [4.69, 9.17) is 10.5 Å². The predicted molar refractivity (Wildman–Crippen MR) is 75.4 cm³/mol. The van der Waals surface area contributed by atoms with Crippen molar-refractivity contribution in [2.75, 3.05) is 0 Å². The summed E-state index contributed by atoms with van der Waals surface area (Å²) in [5, 5.41) is 0. The standard InChI is InChI=1S/C13H16BrN3O/c1-8(2)18-10-5-3-9(4-6-10)13-16-11(7-15)12(14)17-13/h3-6,8H,7,15H2,1-2H3,(H,16,17). The van der Waals surface area contributed by atoms with Crippen molar-refractivity contribution in [1.82, 2.24) is 9.97 Å². The van der Waals surface area contributed by atoms with Gasteiger partial charge < -0.3 is 15.5 Å². The van der Waals surface area contributed by atoms with Gasteiger partial charge in [-0.3, -0.25) is 0 Å². The van der Waals surface area contributed by atoms with Crippen molar-refractivity contribution in [1.29, 1.82) is 0 Å². The summed E-state index contributed by atoms with van der Waals surface area (Å²) >= 11 is 3.37. The smallest absolute Gasteiger partial charge is 0.138 e. The van der Waals surface area contributed by atoms with Gasteiger partial charge in [0.05, 0.1) is 11.8 Å². The number of nitrogens with zero attached hydrogens (tertiary/aromatic N) is 1. The topological polar surface area (TPSA) is 63.9 Å². The average Bonchev–Trinajstić information content (AvgIpc) is 2.71. The zero-order chi connectivity index (χ0) is 13.1. The molecule has 5 heteroatoms. The van der Waals surface area contributed by atoms with Gasteiger partial charge in [0.15, 0.2) is 0 Å². The zero-order valence-corrected chi connectivity index (χ0v) is 12.0. The number of ether oxygens (including phenoxy) is 1. The van der Waals surface area contributed by atoms with Gasteiger partial charge in [-0.15, -0.1) is 0 Å². The number of imidazole rings is 1. The van der Waals surface area contributed by atoms with E-state index in [0.717, 1.165) is 27.4 Å². The minimum Gasteiger partial charge on any atom is -0.491 e. The Balaban J connectivity index is 2.22. The maximum absolute atomic E-state index is 5.60. The summed E-state index contributed by atoms with van der Waals surface area (Å²) in [6.07, 6.45) is 0.178. The second-order valence-electron chi connectivity index (χ2n) is 4.25. The van der Waals surface area contributed by atoms with Crippen LogP contribution < -0.4 is 10.5 Å². The van der Waals surface area contributed by atoms with Crippen molar-refractivity contribution < 1.29 is 4.74 Å². The molecule has 4 nitrogen and oxygen atoms in total. The zero-order valence-electron chi connectivity index (χ0n) is 10.4. The van der Waals surface area contributed by atoms with Gasteiger partial charge in [0, 0.05) is 12.1 Å². The normalized spacial score (nSPS) is 10.9. The van der Waals surface area contributed by atoms with Crippen LogP contribution in [0.1, 0.15) is 19.5 Å². The van der Waals surface area contributed by atoms with E-state index in [1.165, 1.54) is 0 Å². The SMILES string of the molecule is CC(C)Oc1ccc(-c2nc(Br)c(CN)[nH]2)cc1. The van der Waals surface area contributed by atoms with Gasteiger partial charge in [-0.2, -0.15) is 0 Å². The average molecular weight is 310 g/mol. The minimum absolute atomic E-state index is 0.178. The van der Waals surface area contributed by atoms with E-state index < -0.39 is 0 Å². The first-order valence-corrected chi connectivity index (χ1v) is 6.61. The quantitative estimate of drug-likeness (QED) is 0.912. The van der Waals surface area contributed by atoms with E-state index in [2.05, 4.69) is 25.9 Å². The van der Waals surface area contributed by atoms with Crippen LogP contribution in [-0.2, 0) is 6.54 Å². The van der Waals surface area contributed by atoms with Crippen LogP contribution in [0.25, 0.3) is 11.4 Å². The van der Waals surface area contributed by atoms with Gasteiger partial charge in [-0.05, 0) is 54.0 Å². The number of aromatic amines is 1. The number of halogens is 1. The molecule has 96 valence electrons. The predicted octanol–water partition coefficient (Wildman–Crippen LogP) is 3.09. The van der Waals surface area contributed by atoms with E-state index in [0.29, 0.717) is 6.54 Å². The summed E-state index contributed by atoms with van der Waals surface area (Å²) in [4.78, 5) is 7.57. The summed E-state index contributed by atoms with van der Waals surface area (Å²) in [7, 11) is 0. The summed E-state index contributed by atoms with van der Waals surface area (Å²) in [5.74, 6) is 1.66. The summed E-state index contributed by atoms with van der Waals surface area (Å²) in [6, 6.07) is 7.83. The molecule has 0 saturated carbocycles. The summed E-state index contributed by atoms with van der Waals surface area (Å²) in [6.45, 7) is 4.44. The number of nitrogens with one attached hydrogen (secondary N) is 1. The largest absolute Gasteiger partial charge is 0.491 e. The van der Waals surface area contributed by atoms with Gasteiger partial charge in [-0.1, -0.05) is 0 Å². The highest BCUT2D eigenvalue weighted by Gasteiger charge is 2.08. The van der Waals surface area contributed by atoms with E-state index >= 15 is 0 Å². The number of aromatic nitrogens is 2. The molecule has 1 aromatic heterocycles. The Morgan fingerprint density at radius 2 is 2.00 bits per heavy atom. The molecule has 0 unspecified atom stereocenters. The maximum Gasteiger partial charge on any atom is 0.138 e. The molecule has 0 saturated heterocycles. The van der Waals surface area contributed by atoms with Crippen LogP contribution >= 0.6 is 15.9 Å². The van der Waals surface area contributed by atoms with Crippen LogP contribution in [0.15, 0.2) is 28.9 Å². The number of hydrogen-bond donors (Lipinski definition) is 2. The van der Waals surface area contributed by atoms with E-state index in [1.807, 2.05) is 38.1 Å². The molecule has 2 rings (SSSR count). The van der Waals surface area contributed by atoms with Crippen LogP contribution in [0.2, 0.25) is 0 Å². The van der Waals surface area contributed by atoms with Crippen molar-refractivity contribution >= 4 is 15.9 Å². The Hall–Kier alpha value is -1.33. The Morgan fingerprint density at radius 3 is 2.50 bits per heavy atom. The third kappa shape index (κ3) is 2.91.